The summed E-state index contributed by atoms with van der Waals surface area (Å²) < 4.78 is 10.5. The third kappa shape index (κ3) is 4.78. The summed E-state index contributed by atoms with van der Waals surface area (Å²) in [6, 6.07) is -1.02. The standard InChI is InChI=1S/C19H28N4O7/c1-11-8-22(16(26)21-15(11)25)9-14(24)23(18(28)29-6)10-13(7-12(23)2)20-17(27)30-19(3,4)5/h8,12-13H,7,9-10H2,1-6H3,(H-,20,21,25,26,27)/p+1/t12-,13+,23-/m1/s1. The van der Waals surface area contributed by atoms with Gasteiger partial charge >= 0.3 is 23.8 Å². The quantitative estimate of drug-likeness (QED) is 0.678. The van der Waals surface area contributed by atoms with Crippen LogP contribution in [0.4, 0.5) is 9.59 Å². The first-order valence-electron chi connectivity index (χ1n) is 9.59. The number of methoxy groups -OCH3 is 1. The fourth-order valence-corrected chi connectivity index (χ4v) is 3.65. The van der Waals surface area contributed by atoms with E-state index in [1.807, 2.05) is 0 Å². The highest BCUT2D eigenvalue weighted by Gasteiger charge is 2.57. The number of aromatic nitrogens is 2. The van der Waals surface area contributed by atoms with Gasteiger partial charge in [-0.2, -0.15) is 9.28 Å². The Kier molecular flexibility index (Phi) is 6.55. The van der Waals surface area contributed by atoms with Crippen molar-refractivity contribution >= 4 is 18.1 Å². The number of likely N-dealkylation sites (tertiary alicyclic amines) is 1. The van der Waals surface area contributed by atoms with Crippen molar-refractivity contribution in [1.82, 2.24) is 14.9 Å². The number of aromatic amines is 1. The van der Waals surface area contributed by atoms with Crippen LogP contribution in [0.3, 0.4) is 0 Å². The lowest BCUT2D eigenvalue weighted by atomic mass is 10.2. The largest absolute Gasteiger partial charge is 0.523 e. The molecule has 2 heterocycles. The van der Waals surface area contributed by atoms with Gasteiger partial charge in [-0.25, -0.2) is 14.4 Å². The minimum atomic E-state index is -0.782. The summed E-state index contributed by atoms with van der Waals surface area (Å²) in [5.41, 5.74) is -1.73. The normalized spacial score (nSPS) is 23.7. The number of carbonyl (C=O) groups excluding carboxylic acids is 3. The summed E-state index contributed by atoms with van der Waals surface area (Å²) in [5.74, 6) is -0.587. The third-order valence-corrected chi connectivity index (χ3v) is 5.05. The molecule has 166 valence electrons. The van der Waals surface area contributed by atoms with E-state index in [2.05, 4.69) is 10.3 Å². The second-order valence-corrected chi connectivity index (χ2v) is 8.54. The summed E-state index contributed by atoms with van der Waals surface area (Å²) in [5, 5.41) is 2.69. The summed E-state index contributed by atoms with van der Waals surface area (Å²) in [4.78, 5) is 63.8. The van der Waals surface area contributed by atoms with Gasteiger partial charge in [0.05, 0.1) is 13.2 Å². The van der Waals surface area contributed by atoms with Gasteiger partial charge in [0.15, 0.2) is 0 Å². The molecule has 2 rings (SSSR count). The number of alkyl carbamates (subject to hydrolysis) is 1. The molecule has 3 atom stereocenters. The molecule has 0 aliphatic carbocycles. The molecule has 1 aromatic heterocycles. The number of hydrogen-bond donors (Lipinski definition) is 2. The van der Waals surface area contributed by atoms with Crippen molar-refractivity contribution in [3.8, 4) is 0 Å². The third-order valence-electron chi connectivity index (χ3n) is 5.05. The van der Waals surface area contributed by atoms with Crippen LogP contribution in [0.2, 0.25) is 0 Å². The highest BCUT2D eigenvalue weighted by atomic mass is 16.6. The maximum atomic E-state index is 13.2. The molecule has 2 N–H and O–H groups in total. The van der Waals surface area contributed by atoms with Gasteiger partial charge in [-0.3, -0.25) is 14.3 Å². The number of nitrogens with one attached hydrogen (secondary N) is 2. The van der Waals surface area contributed by atoms with Crippen LogP contribution in [-0.4, -0.2) is 63.5 Å². The molecule has 1 aliphatic rings. The Morgan fingerprint density at radius 2 is 1.93 bits per heavy atom. The highest BCUT2D eigenvalue weighted by molar-refractivity contribution is 5.81. The van der Waals surface area contributed by atoms with Crippen LogP contribution in [-0.2, 0) is 20.8 Å². The first kappa shape index (κ1) is 23.3. The Labute approximate surface area is 173 Å². The number of H-pyrrole nitrogens is 1. The maximum absolute atomic E-state index is 13.2. The fraction of sp³-hybridized carbons (Fsp3) is 0.632. The van der Waals surface area contributed by atoms with E-state index in [9.17, 15) is 24.0 Å². The van der Waals surface area contributed by atoms with Crippen LogP contribution in [0.25, 0.3) is 0 Å². The monoisotopic (exact) mass is 425 g/mol. The molecule has 1 saturated heterocycles. The first-order chi connectivity index (χ1) is 13.8. The van der Waals surface area contributed by atoms with Gasteiger partial charge in [0.1, 0.15) is 24.7 Å². The number of imide groups is 1. The number of quaternary nitrogens is 1. The number of hydrogen-bond acceptors (Lipinski definition) is 7. The summed E-state index contributed by atoms with van der Waals surface area (Å²) >= 11 is 0. The number of nitrogens with zero attached hydrogens (tertiary/aromatic N) is 2. The van der Waals surface area contributed by atoms with Crippen LogP contribution < -0.4 is 16.6 Å². The Bertz CT molecular complexity index is 959. The van der Waals surface area contributed by atoms with Gasteiger partial charge < -0.3 is 14.8 Å². The molecule has 3 amide bonds. The number of aryl methyl sites for hydroxylation is 1. The van der Waals surface area contributed by atoms with Crippen LogP contribution >= 0.6 is 0 Å². The van der Waals surface area contributed by atoms with E-state index in [1.54, 1.807) is 27.7 Å². The van der Waals surface area contributed by atoms with E-state index >= 15 is 0 Å². The van der Waals surface area contributed by atoms with Crippen molar-refractivity contribution in [3.05, 3.63) is 32.6 Å². The van der Waals surface area contributed by atoms with Crippen LogP contribution in [0.1, 0.15) is 39.7 Å². The van der Waals surface area contributed by atoms with Crippen molar-refractivity contribution in [1.29, 1.82) is 0 Å². The molecule has 0 unspecified atom stereocenters. The SMILES string of the molecule is COC(=O)[N@+]1(C(=O)Cn2cc(C)c(=O)[nH]c2=O)C[C@@H](NC(=O)OC(C)(C)C)C[C@H]1C. The molecule has 11 heteroatoms. The van der Waals surface area contributed by atoms with E-state index in [0.717, 1.165) is 4.57 Å². The van der Waals surface area contributed by atoms with Crippen LogP contribution in [0, 0.1) is 6.92 Å². The maximum Gasteiger partial charge on any atom is 0.523 e. The van der Waals surface area contributed by atoms with E-state index in [1.165, 1.54) is 20.2 Å². The smallest absolute Gasteiger partial charge is 0.444 e. The molecule has 1 aromatic rings. The molecule has 0 radical (unpaired) electrons. The molecular weight excluding hydrogens is 396 g/mol. The predicted octanol–water partition coefficient (Wildman–Crippen LogP) is 0.640. The minimum absolute atomic E-state index is 0.0387. The lowest BCUT2D eigenvalue weighted by Gasteiger charge is -2.31. The Balaban J connectivity index is 2.30. The molecule has 1 fully saturated rings. The average molecular weight is 425 g/mol. The van der Waals surface area contributed by atoms with Crippen molar-refractivity contribution < 1.29 is 28.3 Å². The van der Waals surface area contributed by atoms with Gasteiger partial charge in [-0.15, -0.1) is 0 Å². The van der Waals surface area contributed by atoms with Crippen molar-refractivity contribution in [3.63, 3.8) is 0 Å². The topological polar surface area (TPSA) is 137 Å². The summed E-state index contributed by atoms with van der Waals surface area (Å²) in [6.07, 6.45) is 0.170. The first-order valence-corrected chi connectivity index (χ1v) is 9.59. The molecular formula is C19H29N4O7+. The second-order valence-electron chi connectivity index (χ2n) is 8.54. The predicted molar refractivity (Wildman–Crippen MR) is 106 cm³/mol. The average Bonchev–Trinajstić information content (AvgIpc) is 2.93. The van der Waals surface area contributed by atoms with E-state index < -0.39 is 58.1 Å². The molecule has 30 heavy (non-hydrogen) atoms. The Morgan fingerprint density at radius 1 is 1.30 bits per heavy atom. The van der Waals surface area contributed by atoms with Crippen LogP contribution in [0.5, 0.6) is 0 Å². The van der Waals surface area contributed by atoms with E-state index in [-0.39, 0.29) is 12.1 Å². The number of rotatable bonds is 3. The van der Waals surface area contributed by atoms with Gasteiger partial charge in [-0.1, -0.05) is 0 Å². The molecule has 0 saturated carbocycles. The van der Waals surface area contributed by atoms with E-state index in [4.69, 9.17) is 9.47 Å². The van der Waals surface area contributed by atoms with Crippen LogP contribution in [0.15, 0.2) is 15.8 Å². The molecule has 0 spiro atoms. The summed E-state index contributed by atoms with van der Waals surface area (Å²) in [7, 11) is 1.17. The molecule has 1 aliphatic heterocycles. The Morgan fingerprint density at radius 3 is 2.50 bits per heavy atom. The molecule has 0 aromatic carbocycles. The van der Waals surface area contributed by atoms with Crippen molar-refractivity contribution in [2.75, 3.05) is 13.7 Å². The zero-order valence-corrected chi connectivity index (χ0v) is 18.1. The highest BCUT2D eigenvalue weighted by Crippen LogP contribution is 2.30. The number of amides is 3. The second kappa shape index (κ2) is 8.42. The number of carbonyl (C=O) groups is 3. The van der Waals surface area contributed by atoms with Gasteiger partial charge in [-0.05, 0) is 34.6 Å². The molecule has 11 nitrogen and oxygen atoms in total. The lowest BCUT2D eigenvalue weighted by molar-refractivity contribution is -0.793. The summed E-state index contributed by atoms with van der Waals surface area (Å²) in [6.45, 7) is 7.91. The zero-order chi connectivity index (χ0) is 22.9. The lowest BCUT2D eigenvalue weighted by Crippen LogP contribution is -2.61. The zero-order valence-electron chi connectivity index (χ0n) is 18.1. The minimum Gasteiger partial charge on any atom is -0.444 e. The fourth-order valence-electron chi connectivity index (χ4n) is 3.65. The van der Waals surface area contributed by atoms with Gasteiger partial charge in [0.25, 0.3) is 5.56 Å². The van der Waals surface area contributed by atoms with Crippen molar-refractivity contribution in [2.24, 2.45) is 0 Å². The van der Waals surface area contributed by atoms with Gasteiger partial charge in [0, 0.05) is 18.2 Å². The van der Waals surface area contributed by atoms with Crippen molar-refractivity contribution in [2.45, 2.75) is 65.3 Å². The molecule has 0 bridgehead atoms. The number of ether oxygens (including phenoxy) is 2. The Hall–Kier alpha value is -2.95. The van der Waals surface area contributed by atoms with Gasteiger partial charge in [0.2, 0.25) is 0 Å². The van der Waals surface area contributed by atoms with E-state index in [0.29, 0.717) is 6.42 Å².